The summed E-state index contributed by atoms with van der Waals surface area (Å²) < 4.78 is 0. The molecule has 0 radical (unpaired) electrons. The Balaban J connectivity index is 2.38. The van der Waals surface area contributed by atoms with Crippen LogP contribution in [0.5, 0.6) is 0 Å². The Kier molecular flexibility index (Phi) is 2.40. The monoisotopic (exact) mass is 204 g/mol. The fraction of sp³-hybridized carbons (Fsp3) is 0.333. The number of nitrogens with zero attached hydrogens (tertiary/aromatic N) is 1. The van der Waals surface area contributed by atoms with Crippen LogP contribution in [0.2, 0.25) is 0 Å². The Morgan fingerprint density at radius 1 is 1.40 bits per heavy atom. The lowest BCUT2D eigenvalue weighted by Crippen LogP contribution is -2.21. The van der Waals surface area contributed by atoms with Crippen molar-refractivity contribution in [3.63, 3.8) is 0 Å². The van der Waals surface area contributed by atoms with E-state index in [1.165, 1.54) is 0 Å². The molecule has 0 aromatic heterocycles. The van der Waals surface area contributed by atoms with Crippen LogP contribution >= 0.6 is 0 Å². The fourth-order valence-electron chi connectivity index (χ4n) is 2.00. The minimum Gasteiger partial charge on any atom is -0.875 e. The molecule has 0 fully saturated rings. The minimum absolute atomic E-state index is 0.172. The zero-order chi connectivity index (χ0) is 11.0. The topological polar surface area (TPSA) is 46.5 Å². The fourth-order valence-corrected chi connectivity index (χ4v) is 2.00. The predicted molar refractivity (Wildman–Crippen MR) is 55.7 cm³/mol. The van der Waals surface area contributed by atoms with E-state index in [-0.39, 0.29) is 11.7 Å². The van der Waals surface area contributed by atoms with Gasteiger partial charge in [0, 0.05) is 13.0 Å². The summed E-state index contributed by atoms with van der Waals surface area (Å²) >= 11 is 0. The highest BCUT2D eigenvalue weighted by atomic mass is 16.5. The van der Waals surface area contributed by atoms with Crippen LogP contribution in [0.4, 0.5) is 0 Å². The minimum atomic E-state index is 0.172. The Bertz CT molecular complexity index is 400. The molecule has 0 aromatic rings. The normalized spacial score (nSPS) is 24.6. The van der Waals surface area contributed by atoms with Crippen molar-refractivity contribution in [2.24, 2.45) is 5.92 Å². The lowest BCUT2D eigenvalue weighted by atomic mass is 9.81. The summed E-state index contributed by atoms with van der Waals surface area (Å²) in [5.74, 6) is 0.372. The molecule has 0 saturated carbocycles. The van der Waals surface area contributed by atoms with Gasteiger partial charge in [0.25, 0.3) is 0 Å². The molecule has 0 amide bonds. The largest absolute Gasteiger partial charge is 0.875 e. The number of hydrogen-bond acceptors (Lipinski definition) is 3. The molecule has 0 spiro atoms. The lowest BCUT2D eigenvalue weighted by Gasteiger charge is -2.31. The summed E-state index contributed by atoms with van der Waals surface area (Å²) in [6.45, 7) is 1.99. The second-order valence-corrected chi connectivity index (χ2v) is 4.04. The van der Waals surface area contributed by atoms with Crippen molar-refractivity contribution in [3.05, 3.63) is 46.9 Å². The summed E-state index contributed by atoms with van der Waals surface area (Å²) in [7, 11) is 1.59. The number of likely N-dealkylation sites (N-methyl/N-ethyl adjacent to an activating group) is 1. The lowest BCUT2D eigenvalue weighted by molar-refractivity contribution is -0.308. The van der Waals surface area contributed by atoms with E-state index < -0.39 is 0 Å². The summed E-state index contributed by atoms with van der Waals surface area (Å²) in [5.41, 5.74) is 2.99. The van der Waals surface area contributed by atoms with E-state index in [4.69, 9.17) is 0 Å². The van der Waals surface area contributed by atoms with Crippen LogP contribution in [0, 0.1) is 5.92 Å². The van der Waals surface area contributed by atoms with E-state index in [1.807, 2.05) is 25.2 Å². The van der Waals surface area contributed by atoms with Gasteiger partial charge in [0.2, 0.25) is 0 Å². The van der Waals surface area contributed by atoms with Crippen molar-refractivity contribution in [3.8, 4) is 0 Å². The Hall–Kier alpha value is -1.48. The van der Waals surface area contributed by atoms with E-state index in [0.717, 1.165) is 21.9 Å². The zero-order valence-corrected chi connectivity index (χ0v) is 8.90. The second kappa shape index (κ2) is 3.59. The molecule has 80 valence electrons. The van der Waals surface area contributed by atoms with Gasteiger partial charge in [-0.1, -0.05) is 17.7 Å². The molecule has 0 saturated heterocycles. The second-order valence-electron chi connectivity index (χ2n) is 4.04. The van der Waals surface area contributed by atoms with E-state index in [0.29, 0.717) is 6.42 Å². The average molecular weight is 204 g/mol. The molecule has 0 aromatic carbocycles. The highest BCUT2D eigenvalue weighted by Crippen LogP contribution is 2.35. The van der Waals surface area contributed by atoms with Crippen molar-refractivity contribution in [1.82, 2.24) is 5.06 Å². The Labute approximate surface area is 89.3 Å². The number of hydroxylamine groups is 2. The molecular formula is C12H14NO2-. The van der Waals surface area contributed by atoms with Gasteiger partial charge in [-0.25, -0.2) is 0 Å². The molecule has 2 aliphatic carbocycles. The first-order chi connectivity index (χ1) is 7.08. The van der Waals surface area contributed by atoms with E-state index >= 15 is 0 Å². The maximum Gasteiger partial charge on any atom is 0.0633 e. The maximum absolute atomic E-state index is 11.3. The number of fused-ring (bicyclic) bond motifs is 1. The Morgan fingerprint density at radius 2 is 2.13 bits per heavy atom. The smallest absolute Gasteiger partial charge is 0.0633 e. The van der Waals surface area contributed by atoms with E-state index in [9.17, 15) is 10.3 Å². The Morgan fingerprint density at radius 3 is 2.80 bits per heavy atom. The average Bonchev–Trinajstić information content (AvgIpc) is 2.18. The standard InChI is InChI=1S/C12H15NO2/c1-8-5-10(13(2)15)6-9-3-4-11(14)7-12(8)9/h3-6,12,14-15H,7H2,1-2H3/p-1. The highest BCUT2D eigenvalue weighted by Gasteiger charge is 2.21. The third kappa shape index (κ3) is 1.83. The van der Waals surface area contributed by atoms with Crippen molar-refractivity contribution in [2.75, 3.05) is 7.05 Å². The van der Waals surface area contributed by atoms with Gasteiger partial charge in [-0.15, -0.1) is 5.76 Å². The molecule has 3 heteroatoms. The van der Waals surface area contributed by atoms with Crippen molar-refractivity contribution >= 4 is 0 Å². The highest BCUT2D eigenvalue weighted by molar-refractivity contribution is 5.45. The van der Waals surface area contributed by atoms with Gasteiger partial charge in [0.05, 0.1) is 5.70 Å². The van der Waals surface area contributed by atoms with Crippen LogP contribution in [-0.4, -0.2) is 17.3 Å². The number of rotatable bonds is 1. The van der Waals surface area contributed by atoms with Crippen LogP contribution in [0.15, 0.2) is 46.9 Å². The molecule has 0 aliphatic heterocycles. The van der Waals surface area contributed by atoms with Crippen molar-refractivity contribution in [1.29, 1.82) is 0 Å². The van der Waals surface area contributed by atoms with Crippen LogP contribution < -0.4 is 5.11 Å². The molecule has 0 bridgehead atoms. The molecule has 2 rings (SSSR count). The van der Waals surface area contributed by atoms with Crippen LogP contribution in [0.1, 0.15) is 13.3 Å². The van der Waals surface area contributed by atoms with Gasteiger partial charge < -0.3 is 5.11 Å². The van der Waals surface area contributed by atoms with Gasteiger partial charge in [-0.3, -0.25) is 10.3 Å². The summed E-state index contributed by atoms with van der Waals surface area (Å²) in [6, 6.07) is 0. The SMILES string of the molecule is CC1=CC(N(C)O)=CC2=CC=C([O-])CC12. The first-order valence-corrected chi connectivity index (χ1v) is 4.98. The van der Waals surface area contributed by atoms with Gasteiger partial charge in [0.15, 0.2) is 0 Å². The molecular weight excluding hydrogens is 190 g/mol. The number of hydrogen-bond donors (Lipinski definition) is 1. The molecule has 3 nitrogen and oxygen atoms in total. The quantitative estimate of drug-likeness (QED) is 0.656. The molecule has 1 N–H and O–H groups in total. The van der Waals surface area contributed by atoms with Gasteiger partial charge >= 0.3 is 0 Å². The van der Waals surface area contributed by atoms with Crippen LogP contribution in [0.25, 0.3) is 0 Å². The first-order valence-electron chi connectivity index (χ1n) is 4.98. The third-order valence-electron chi connectivity index (χ3n) is 2.88. The zero-order valence-electron chi connectivity index (χ0n) is 8.90. The molecule has 1 unspecified atom stereocenters. The van der Waals surface area contributed by atoms with Crippen LogP contribution in [0.3, 0.4) is 0 Å². The maximum atomic E-state index is 11.3. The van der Waals surface area contributed by atoms with E-state index in [2.05, 4.69) is 0 Å². The third-order valence-corrected chi connectivity index (χ3v) is 2.88. The van der Waals surface area contributed by atoms with Crippen molar-refractivity contribution in [2.45, 2.75) is 13.3 Å². The molecule has 1 atom stereocenters. The molecule has 15 heavy (non-hydrogen) atoms. The van der Waals surface area contributed by atoms with Crippen LogP contribution in [-0.2, 0) is 0 Å². The van der Waals surface area contributed by atoms with Crippen molar-refractivity contribution < 1.29 is 10.3 Å². The summed E-state index contributed by atoms with van der Waals surface area (Å²) in [6.07, 6.45) is 7.83. The van der Waals surface area contributed by atoms with Gasteiger partial charge in [-0.2, -0.15) is 0 Å². The first kappa shape index (κ1) is 10.1. The number of allylic oxidation sites excluding steroid dienone is 7. The molecule has 2 aliphatic rings. The summed E-state index contributed by atoms with van der Waals surface area (Å²) in [4.78, 5) is 0. The van der Waals surface area contributed by atoms with Gasteiger partial charge in [0.1, 0.15) is 0 Å². The predicted octanol–water partition coefficient (Wildman–Crippen LogP) is 1.34. The summed E-state index contributed by atoms with van der Waals surface area (Å²) in [5, 5.41) is 21.7. The van der Waals surface area contributed by atoms with E-state index in [1.54, 1.807) is 13.1 Å². The van der Waals surface area contributed by atoms with Gasteiger partial charge in [-0.05, 0) is 31.1 Å². The molecule has 0 heterocycles.